The molecule has 5 nitrogen and oxygen atoms in total. The fourth-order valence-corrected chi connectivity index (χ4v) is 2.07. The van der Waals surface area contributed by atoms with Crippen LogP contribution < -0.4 is 4.74 Å². The molecule has 6 heteroatoms. The summed E-state index contributed by atoms with van der Waals surface area (Å²) in [5, 5.41) is 9.06. The zero-order chi connectivity index (χ0) is 13.1. The van der Waals surface area contributed by atoms with Gasteiger partial charge in [-0.2, -0.15) is 0 Å². The van der Waals surface area contributed by atoms with Crippen LogP contribution in [-0.4, -0.2) is 27.7 Å². The minimum absolute atomic E-state index is 0.234. The van der Waals surface area contributed by atoms with E-state index in [1.807, 2.05) is 6.07 Å². The minimum atomic E-state index is -0.956. The highest BCUT2D eigenvalue weighted by Gasteiger charge is 2.11. The lowest BCUT2D eigenvalue weighted by Crippen LogP contribution is -2.08. The molecule has 0 aliphatic heterocycles. The predicted octanol–water partition coefficient (Wildman–Crippen LogP) is 2.40. The lowest BCUT2D eigenvalue weighted by atomic mass is 10.3. The van der Waals surface area contributed by atoms with E-state index >= 15 is 0 Å². The van der Waals surface area contributed by atoms with Crippen molar-refractivity contribution in [3.05, 3.63) is 46.3 Å². The van der Waals surface area contributed by atoms with E-state index in [9.17, 15) is 4.79 Å². The second-order valence-corrected chi connectivity index (χ2v) is 4.60. The highest BCUT2D eigenvalue weighted by atomic mass is 79.9. The van der Waals surface area contributed by atoms with Crippen molar-refractivity contribution in [1.82, 2.24) is 9.55 Å². The van der Waals surface area contributed by atoms with Gasteiger partial charge >= 0.3 is 5.97 Å². The van der Waals surface area contributed by atoms with Gasteiger partial charge in [-0.25, -0.2) is 9.78 Å². The second kappa shape index (κ2) is 5.22. The molecule has 2 rings (SSSR count). The van der Waals surface area contributed by atoms with Gasteiger partial charge in [0, 0.05) is 29.5 Å². The van der Waals surface area contributed by atoms with Gasteiger partial charge in [0.1, 0.15) is 5.69 Å². The van der Waals surface area contributed by atoms with E-state index in [2.05, 4.69) is 20.9 Å². The first-order valence-electron chi connectivity index (χ1n) is 5.18. The van der Waals surface area contributed by atoms with Crippen LogP contribution in [0.4, 0.5) is 0 Å². The Balaban J connectivity index is 2.25. The molecule has 2 aromatic rings. The maximum atomic E-state index is 11.0. The van der Waals surface area contributed by atoms with Gasteiger partial charge in [-0.1, -0.05) is 6.07 Å². The molecular weight excluding hydrogens is 300 g/mol. The summed E-state index contributed by atoms with van der Waals surface area (Å²) in [6, 6.07) is 5.17. The van der Waals surface area contributed by atoms with E-state index in [4.69, 9.17) is 9.84 Å². The molecule has 0 unspecified atom stereocenters. The van der Waals surface area contributed by atoms with Crippen molar-refractivity contribution in [3.63, 3.8) is 0 Å². The normalized spacial score (nSPS) is 10.3. The van der Waals surface area contributed by atoms with Gasteiger partial charge in [-0.3, -0.25) is 0 Å². The molecule has 0 spiro atoms. The molecule has 0 radical (unpaired) electrons. The average molecular weight is 311 g/mol. The van der Waals surface area contributed by atoms with Crippen molar-refractivity contribution in [2.45, 2.75) is 6.54 Å². The van der Waals surface area contributed by atoms with Gasteiger partial charge in [0.15, 0.2) is 0 Å². The molecule has 0 aliphatic carbocycles. The number of aromatic carboxylic acids is 1. The molecule has 0 aliphatic rings. The molecule has 0 saturated heterocycles. The molecule has 0 amide bonds. The van der Waals surface area contributed by atoms with Crippen molar-refractivity contribution < 1.29 is 14.6 Å². The van der Waals surface area contributed by atoms with Gasteiger partial charge in [-0.05, 0) is 27.6 Å². The first-order chi connectivity index (χ1) is 8.60. The fraction of sp³-hybridized carbons (Fsp3) is 0.167. The lowest BCUT2D eigenvalue weighted by Gasteiger charge is -2.06. The third kappa shape index (κ3) is 2.70. The van der Waals surface area contributed by atoms with Crippen molar-refractivity contribution in [1.29, 1.82) is 0 Å². The van der Waals surface area contributed by atoms with E-state index < -0.39 is 5.97 Å². The number of carboxylic acids is 1. The maximum absolute atomic E-state index is 11.0. The van der Waals surface area contributed by atoms with Crippen molar-refractivity contribution in [2.24, 2.45) is 0 Å². The monoisotopic (exact) mass is 310 g/mol. The number of hydrogen-bond donors (Lipinski definition) is 1. The number of halogens is 1. The van der Waals surface area contributed by atoms with Crippen LogP contribution in [0, 0.1) is 0 Å². The Morgan fingerprint density at radius 3 is 2.89 bits per heavy atom. The maximum Gasteiger partial charge on any atom is 0.352 e. The molecule has 2 aromatic heterocycles. The van der Waals surface area contributed by atoms with E-state index in [1.165, 1.54) is 0 Å². The SMILES string of the molecule is COc1ccc(Cn2cc(Br)cc2C(=O)O)cn1. The van der Waals surface area contributed by atoms with E-state index in [1.54, 1.807) is 36.2 Å². The number of hydrogen-bond acceptors (Lipinski definition) is 3. The molecule has 0 bridgehead atoms. The Labute approximate surface area is 112 Å². The van der Waals surface area contributed by atoms with Crippen LogP contribution in [0.25, 0.3) is 0 Å². The van der Waals surface area contributed by atoms with E-state index in [0.717, 1.165) is 10.0 Å². The van der Waals surface area contributed by atoms with Crippen LogP contribution in [0.3, 0.4) is 0 Å². The van der Waals surface area contributed by atoms with Gasteiger partial charge < -0.3 is 14.4 Å². The Morgan fingerprint density at radius 1 is 1.56 bits per heavy atom. The van der Waals surface area contributed by atoms with Crippen LogP contribution in [0.1, 0.15) is 16.1 Å². The largest absolute Gasteiger partial charge is 0.481 e. The first-order valence-corrected chi connectivity index (χ1v) is 5.97. The zero-order valence-corrected chi connectivity index (χ0v) is 11.2. The Kier molecular flexibility index (Phi) is 3.66. The van der Waals surface area contributed by atoms with Crippen LogP contribution >= 0.6 is 15.9 Å². The minimum Gasteiger partial charge on any atom is -0.481 e. The fourth-order valence-electron chi connectivity index (χ4n) is 1.61. The molecule has 0 atom stereocenters. The van der Waals surface area contributed by atoms with Gasteiger partial charge in [0.05, 0.1) is 7.11 Å². The number of methoxy groups -OCH3 is 1. The molecule has 18 heavy (non-hydrogen) atoms. The number of carboxylic acid groups (broad SMARTS) is 1. The summed E-state index contributed by atoms with van der Waals surface area (Å²) in [5.41, 5.74) is 1.14. The number of carbonyl (C=O) groups is 1. The molecule has 0 aromatic carbocycles. The summed E-state index contributed by atoms with van der Waals surface area (Å²) in [7, 11) is 1.55. The zero-order valence-electron chi connectivity index (χ0n) is 9.63. The van der Waals surface area contributed by atoms with E-state index in [0.29, 0.717) is 12.4 Å². The second-order valence-electron chi connectivity index (χ2n) is 3.69. The van der Waals surface area contributed by atoms with Crippen molar-refractivity contribution in [2.75, 3.05) is 7.11 Å². The molecule has 0 saturated carbocycles. The van der Waals surface area contributed by atoms with Gasteiger partial charge in [0.25, 0.3) is 0 Å². The topological polar surface area (TPSA) is 64.3 Å². The molecule has 94 valence electrons. The summed E-state index contributed by atoms with van der Waals surface area (Å²) in [5.74, 6) is -0.423. The number of rotatable bonds is 4. The summed E-state index contributed by atoms with van der Waals surface area (Å²) in [6.07, 6.45) is 3.39. The molecule has 2 heterocycles. The molecule has 0 fully saturated rings. The average Bonchev–Trinajstić information content (AvgIpc) is 2.71. The van der Waals surface area contributed by atoms with Crippen LogP contribution in [-0.2, 0) is 6.54 Å². The Morgan fingerprint density at radius 2 is 2.33 bits per heavy atom. The Bertz CT molecular complexity index is 563. The lowest BCUT2D eigenvalue weighted by molar-refractivity contribution is 0.0685. The summed E-state index contributed by atoms with van der Waals surface area (Å²) >= 11 is 3.27. The molecular formula is C12H11BrN2O3. The Hall–Kier alpha value is -1.82. The number of nitrogens with zero attached hydrogens (tertiary/aromatic N) is 2. The highest BCUT2D eigenvalue weighted by Crippen LogP contribution is 2.17. The third-order valence-electron chi connectivity index (χ3n) is 2.44. The third-order valence-corrected chi connectivity index (χ3v) is 2.88. The summed E-state index contributed by atoms with van der Waals surface area (Å²) < 4.78 is 7.35. The number of ether oxygens (including phenoxy) is 1. The summed E-state index contributed by atoms with van der Waals surface area (Å²) in [6.45, 7) is 0.449. The van der Waals surface area contributed by atoms with E-state index in [-0.39, 0.29) is 5.69 Å². The quantitative estimate of drug-likeness (QED) is 0.942. The van der Waals surface area contributed by atoms with Gasteiger partial charge in [0.2, 0.25) is 5.88 Å². The van der Waals surface area contributed by atoms with Crippen LogP contribution in [0.5, 0.6) is 5.88 Å². The summed E-state index contributed by atoms with van der Waals surface area (Å²) in [4.78, 5) is 15.1. The van der Waals surface area contributed by atoms with Crippen LogP contribution in [0.2, 0.25) is 0 Å². The van der Waals surface area contributed by atoms with Gasteiger partial charge in [-0.15, -0.1) is 0 Å². The van der Waals surface area contributed by atoms with Crippen LogP contribution in [0.15, 0.2) is 35.1 Å². The molecule has 1 N–H and O–H groups in total. The standard InChI is InChI=1S/C12H11BrN2O3/c1-18-11-3-2-8(5-14-11)6-15-7-9(13)4-10(15)12(16)17/h2-5,7H,6H2,1H3,(H,16,17). The number of pyridine rings is 1. The predicted molar refractivity (Wildman–Crippen MR) is 69.0 cm³/mol. The first kappa shape index (κ1) is 12.6. The van der Waals surface area contributed by atoms with Crippen molar-refractivity contribution >= 4 is 21.9 Å². The van der Waals surface area contributed by atoms with Crippen molar-refractivity contribution in [3.8, 4) is 5.88 Å². The smallest absolute Gasteiger partial charge is 0.352 e. The number of aromatic nitrogens is 2. The highest BCUT2D eigenvalue weighted by molar-refractivity contribution is 9.10.